The summed E-state index contributed by atoms with van der Waals surface area (Å²) in [4.78, 5) is 1.05. The summed E-state index contributed by atoms with van der Waals surface area (Å²) >= 11 is 1.62. The average Bonchev–Trinajstić information content (AvgIpc) is 2.33. The molecule has 0 spiro atoms. The second kappa shape index (κ2) is 2.39. The van der Waals surface area contributed by atoms with Gasteiger partial charge < -0.3 is 0 Å². The lowest BCUT2D eigenvalue weighted by Crippen LogP contribution is -2.26. The Hall–Kier alpha value is -0.740. The SMILES string of the molecule is NN1CSc2ccc(F)cc21. The number of fused-ring (bicyclic) bond motifs is 1. The van der Waals surface area contributed by atoms with Gasteiger partial charge >= 0.3 is 0 Å². The molecular weight excluding hydrogens is 163 g/mol. The predicted octanol–water partition coefficient (Wildman–Crippen LogP) is 1.57. The molecule has 0 fully saturated rings. The summed E-state index contributed by atoms with van der Waals surface area (Å²) in [6, 6.07) is 4.66. The summed E-state index contributed by atoms with van der Waals surface area (Å²) in [5.74, 6) is 6.03. The Morgan fingerprint density at radius 1 is 1.55 bits per heavy atom. The van der Waals surface area contributed by atoms with Crippen LogP contribution in [0.5, 0.6) is 0 Å². The molecule has 0 unspecified atom stereocenters. The fraction of sp³-hybridized carbons (Fsp3) is 0.143. The molecule has 2 N–H and O–H groups in total. The summed E-state index contributed by atoms with van der Waals surface area (Å²) in [6.45, 7) is 0. The summed E-state index contributed by atoms with van der Waals surface area (Å²) in [5, 5.41) is 1.54. The first-order valence-corrected chi connectivity index (χ1v) is 4.20. The molecule has 0 bridgehead atoms. The van der Waals surface area contributed by atoms with E-state index in [0.29, 0.717) is 5.88 Å². The number of hydrazine groups is 1. The van der Waals surface area contributed by atoms with E-state index in [9.17, 15) is 4.39 Å². The van der Waals surface area contributed by atoms with Crippen LogP contribution in [0.2, 0.25) is 0 Å². The molecule has 2 rings (SSSR count). The molecule has 0 amide bonds. The molecule has 0 radical (unpaired) electrons. The Morgan fingerprint density at radius 3 is 3.18 bits per heavy atom. The van der Waals surface area contributed by atoms with Crippen molar-refractivity contribution in [3.8, 4) is 0 Å². The number of anilines is 1. The van der Waals surface area contributed by atoms with Gasteiger partial charge in [0.25, 0.3) is 0 Å². The molecule has 2 nitrogen and oxygen atoms in total. The highest BCUT2D eigenvalue weighted by Crippen LogP contribution is 2.36. The largest absolute Gasteiger partial charge is 0.300 e. The van der Waals surface area contributed by atoms with E-state index in [2.05, 4.69) is 0 Å². The summed E-state index contributed by atoms with van der Waals surface area (Å²) in [5.41, 5.74) is 0.787. The van der Waals surface area contributed by atoms with Crippen LogP contribution in [0.4, 0.5) is 10.1 Å². The first-order valence-electron chi connectivity index (χ1n) is 3.22. The van der Waals surface area contributed by atoms with E-state index in [4.69, 9.17) is 5.84 Å². The Labute approximate surface area is 68.1 Å². The third-order valence-corrected chi connectivity index (χ3v) is 2.65. The number of thioether (sulfide) groups is 1. The number of nitrogens with two attached hydrogens (primary N) is 1. The first kappa shape index (κ1) is 6.94. The van der Waals surface area contributed by atoms with Gasteiger partial charge in [-0.15, -0.1) is 11.8 Å². The van der Waals surface area contributed by atoms with Crippen molar-refractivity contribution in [1.29, 1.82) is 0 Å². The summed E-state index contributed by atoms with van der Waals surface area (Å²) in [7, 11) is 0. The van der Waals surface area contributed by atoms with Gasteiger partial charge in [-0.25, -0.2) is 10.2 Å². The Balaban J connectivity index is 2.52. The highest BCUT2D eigenvalue weighted by Gasteiger charge is 2.16. The number of nitrogens with zero attached hydrogens (tertiary/aromatic N) is 1. The lowest BCUT2D eigenvalue weighted by molar-refractivity contribution is 0.626. The van der Waals surface area contributed by atoms with Crippen molar-refractivity contribution >= 4 is 17.4 Å². The molecule has 0 aliphatic carbocycles. The molecule has 1 aliphatic heterocycles. The van der Waals surface area contributed by atoms with E-state index in [1.54, 1.807) is 22.8 Å². The molecule has 0 saturated carbocycles. The third-order valence-electron chi connectivity index (χ3n) is 1.59. The zero-order valence-corrected chi connectivity index (χ0v) is 6.57. The Morgan fingerprint density at radius 2 is 2.36 bits per heavy atom. The minimum Gasteiger partial charge on any atom is -0.300 e. The summed E-state index contributed by atoms with van der Waals surface area (Å²) in [6.07, 6.45) is 0. The molecule has 58 valence electrons. The normalized spacial score (nSPS) is 15.3. The van der Waals surface area contributed by atoms with Crippen LogP contribution in [0.15, 0.2) is 23.1 Å². The van der Waals surface area contributed by atoms with E-state index in [1.807, 2.05) is 0 Å². The number of hydrogen-bond donors (Lipinski definition) is 1. The molecule has 1 aromatic carbocycles. The minimum absolute atomic E-state index is 0.235. The van der Waals surface area contributed by atoms with Gasteiger partial charge in [0.05, 0.1) is 11.6 Å². The lowest BCUT2D eigenvalue weighted by Gasteiger charge is -2.08. The molecule has 0 aromatic heterocycles. The quantitative estimate of drug-likeness (QED) is 0.599. The van der Waals surface area contributed by atoms with E-state index < -0.39 is 0 Å². The average molecular weight is 170 g/mol. The second-order valence-corrected chi connectivity index (χ2v) is 3.34. The Bertz CT molecular complexity index is 290. The number of benzene rings is 1. The predicted molar refractivity (Wildman–Crippen MR) is 43.8 cm³/mol. The highest BCUT2D eigenvalue weighted by molar-refractivity contribution is 7.99. The standard InChI is InChI=1S/C7H7FN2S/c8-5-1-2-7-6(3-5)10(9)4-11-7/h1-3H,4,9H2. The highest BCUT2D eigenvalue weighted by atomic mass is 32.2. The van der Waals surface area contributed by atoms with Crippen LogP contribution < -0.4 is 10.9 Å². The number of hydrogen-bond acceptors (Lipinski definition) is 3. The van der Waals surface area contributed by atoms with Crippen molar-refractivity contribution in [3.05, 3.63) is 24.0 Å². The van der Waals surface area contributed by atoms with Crippen molar-refractivity contribution in [1.82, 2.24) is 0 Å². The monoisotopic (exact) mass is 170 g/mol. The van der Waals surface area contributed by atoms with Gasteiger partial charge in [0.1, 0.15) is 5.82 Å². The van der Waals surface area contributed by atoms with Crippen molar-refractivity contribution in [2.45, 2.75) is 4.90 Å². The topological polar surface area (TPSA) is 29.3 Å². The molecule has 1 aromatic rings. The van der Waals surface area contributed by atoms with E-state index in [-0.39, 0.29) is 5.82 Å². The zero-order valence-electron chi connectivity index (χ0n) is 5.75. The van der Waals surface area contributed by atoms with Crippen LogP contribution in [-0.2, 0) is 0 Å². The van der Waals surface area contributed by atoms with E-state index in [0.717, 1.165) is 10.6 Å². The van der Waals surface area contributed by atoms with Gasteiger partial charge in [-0.3, -0.25) is 5.01 Å². The lowest BCUT2D eigenvalue weighted by atomic mass is 10.3. The third kappa shape index (κ3) is 1.08. The molecule has 11 heavy (non-hydrogen) atoms. The molecule has 1 aliphatic rings. The van der Waals surface area contributed by atoms with Crippen LogP contribution in [-0.4, -0.2) is 5.88 Å². The number of halogens is 1. The molecule has 0 atom stereocenters. The smallest absolute Gasteiger partial charge is 0.125 e. The number of rotatable bonds is 0. The maximum absolute atomic E-state index is 12.6. The second-order valence-electron chi connectivity index (χ2n) is 2.36. The molecule has 1 heterocycles. The minimum atomic E-state index is -0.235. The molecule has 4 heteroatoms. The van der Waals surface area contributed by atoms with Crippen molar-refractivity contribution < 1.29 is 4.39 Å². The van der Waals surface area contributed by atoms with Crippen LogP contribution >= 0.6 is 11.8 Å². The fourth-order valence-electron chi connectivity index (χ4n) is 1.05. The Kier molecular flexibility index (Phi) is 1.51. The molecular formula is C7H7FN2S. The van der Waals surface area contributed by atoms with Gasteiger partial charge in [0.2, 0.25) is 0 Å². The van der Waals surface area contributed by atoms with Crippen LogP contribution in [0.3, 0.4) is 0 Å². The van der Waals surface area contributed by atoms with Crippen LogP contribution in [0.25, 0.3) is 0 Å². The fourth-order valence-corrected chi connectivity index (χ4v) is 1.95. The van der Waals surface area contributed by atoms with Crippen molar-refractivity contribution in [3.63, 3.8) is 0 Å². The van der Waals surface area contributed by atoms with Crippen LogP contribution in [0.1, 0.15) is 0 Å². The zero-order chi connectivity index (χ0) is 7.84. The maximum Gasteiger partial charge on any atom is 0.125 e. The maximum atomic E-state index is 12.6. The molecule has 0 saturated heterocycles. The first-order chi connectivity index (χ1) is 5.27. The van der Waals surface area contributed by atoms with Crippen LogP contribution in [0, 0.1) is 5.82 Å². The van der Waals surface area contributed by atoms with E-state index in [1.165, 1.54) is 12.1 Å². The van der Waals surface area contributed by atoms with Gasteiger partial charge in [0, 0.05) is 4.90 Å². The van der Waals surface area contributed by atoms with E-state index >= 15 is 0 Å². The van der Waals surface area contributed by atoms with Gasteiger partial charge in [0.15, 0.2) is 0 Å². The van der Waals surface area contributed by atoms with Gasteiger partial charge in [-0.1, -0.05) is 0 Å². The van der Waals surface area contributed by atoms with Crippen molar-refractivity contribution in [2.75, 3.05) is 10.9 Å². The van der Waals surface area contributed by atoms with Gasteiger partial charge in [-0.05, 0) is 18.2 Å². The van der Waals surface area contributed by atoms with Gasteiger partial charge in [-0.2, -0.15) is 0 Å². The van der Waals surface area contributed by atoms with Crippen molar-refractivity contribution in [2.24, 2.45) is 5.84 Å². The summed E-state index contributed by atoms with van der Waals surface area (Å²) < 4.78 is 12.6.